The molecule has 2 aromatic heterocycles. The van der Waals surface area contributed by atoms with Gasteiger partial charge < -0.3 is 4.90 Å². The molecular weight excluding hydrogens is 469 g/mol. The minimum atomic E-state index is -0.520. The lowest BCUT2D eigenvalue weighted by Crippen LogP contribution is -2.30. The fraction of sp³-hybridized carbons (Fsp3) is 0.308. The van der Waals surface area contributed by atoms with Crippen molar-refractivity contribution in [2.24, 2.45) is 11.8 Å². The smallest absolute Gasteiger partial charge is 0.342 e. The van der Waals surface area contributed by atoms with Gasteiger partial charge in [0, 0.05) is 37.0 Å². The monoisotopic (exact) mass is 491 g/mol. The standard InChI is InChI=1S/C26H23ClFN5O2/c27-20-10-19-4-3-18(12-22(19)29-13-20)17-5-6-23(21(28)11-17)33-24(30-31-26(33)35)9-15-7-8-32(14-15)25(34)16-1-2-16/h3-6,10-13,15-16H,1-2,7-9,14H2,(H,31,35)/t15-/m0/s1. The molecule has 1 aliphatic heterocycles. The van der Waals surface area contributed by atoms with Crippen LogP contribution in [0.15, 0.2) is 53.5 Å². The molecule has 35 heavy (non-hydrogen) atoms. The van der Waals surface area contributed by atoms with Crippen molar-refractivity contribution in [1.82, 2.24) is 24.6 Å². The summed E-state index contributed by atoms with van der Waals surface area (Å²) in [5, 5.41) is 8.09. The maximum absolute atomic E-state index is 15.3. The highest BCUT2D eigenvalue weighted by atomic mass is 35.5. The third-order valence-corrected chi connectivity index (χ3v) is 7.12. The molecule has 0 spiro atoms. The molecule has 1 saturated carbocycles. The first kappa shape index (κ1) is 22.0. The van der Waals surface area contributed by atoms with Crippen molar-refractivity contribution in [3.8, 4) is 16.8 Å². The number of aromatic nitrogens is 4. The van der Waals surface area contributed by atoms with Crippen LogP contribution >= 0.6 is 11.6 Å². The first-order valence-corrected chi connectivity index (χ1v) is 12.1. The van der Waals surface area contributed by atoms with Crippen LogP contribution in [0.3, 0.4) is 0 Å². The number of amides is 1. The summed E-state index contributed by atoms with van der Waals surface area (Å²) in [6.07, 6.45) is 4.89. The SMILES string of the molecule is O=C(C1CC1)N1CC[C@@H](Cc2n[nH]c(=O)n2-c2ccc(-c3ccc4cc(Cl)cnc4c3)cc2F)C1. The van der Waals surface area contributed by atoms with E-state index in [0.29, 0.717) is 29.4 Å². The summed E-state index contributed by atoms with van der Waals surface area (Å²) in [4.78, 5) is 31.2. The van der Waals surface area contributed by atoms with Crippen LogP contribution in [-0.2, 0) is 11.2 Å². The molecule has 178 valence electrons. The zero-order valence-electron chi connectivity index (χ0n) is 18.9. The lowest BCUT2D eigenvalue weighted by Gasteiger charge is -2.16. The highest BCUT2D eigenvalue weighted by Crippen LogP contribution is 2.33. The van der Waals surface area contributed by atoms with E-state index in [1.807, 2.05) is 29.2 Å². The number of fused-ring (bicyclic) bond motifs is 1. The number of benzene rings is 2. The zero-order chi connectivity index (χ0) is 24.1. The number of halogens is 2. The van der Waals surface area contributed by atoms with E-state index in [2.05, 4.69) is 15.2 Å². The minimum absolute atomic E-state index is 0.150. The first-order valence-electron chi connectivity index (χ1n) is 11.8. The lowest BCUT2D eigenvalue weighted by atomic mass is 10.0. The summed E-state index contributed by atoms with van der Waals surface area (Å²) in [5.41, 5.74) is 1.91. The maximum Gasteiger partial charge on any atom is 0.348 e. The van der Waals surface area contributed by atoms with Gasteiger partial charge in [0.2, 0.25) is 5.91 Å². The zero-order valence-corrected chi connectivity index (χ0v) is 19.6. The van der Waals surface area contributed by atoms with Crippen LogP contribution in [0.1, 0.15) is 25.1 Å². The maximum atomic E-state index is 15.3. The Morgan fingerprint density at radius 1 is 1.11 bits per heavy atom. The van der Waals surface area contributed by atoms with Gasteiger partial charge in [0.05, 0.1) is 16.2 Å². The summed E-state index contributed by atoms with van der Waals surface area (Å²) in [6.45, 7) is 1.38. The molecular formula is C26H23ClFN5O2. The second kappa shape index (κ2) is 8.61. The minimum Gasteiger partial charge on any atom is -0.342 e. The van der Waals surface area contributed by atoms with Crippen molar-refractivity contribution in [3.63, 3.8) is 0 Å². The number of hydrogen-bond acceptors (Lipinski definition) is 4. The Bertz CT molecular complexity index is 1510. The summed E-state index contributed by atoms with van der Waals surface area (Å²) in [6, 6.07) is 12.3. The van der Waals surface area contributed by atoms with Gasteiger partial charge in [0.15, 0.2) is 0 Å². The molecule has 1 N–H and O–H groups in total. The van der Waals surface area contributed by atoms with Gasteiger partial charge in [-0.1, -0.05) is 29.8 Å². The van der Waals surface area contributed by atoms with E-state index < -0.39 is 11.5 Å². The predicted octanol–water partition coefficient (Wildman–Crippen LogP) is 4.37. The van der Waals surface area contributed by atoms with Crippen LogP contribution < -0.4 is 5.69 Å². The van der Waals surface area contributed by atoms with Crippen molar-refractivity contribution in [2.45, 2.75) is 25.7 Å². The van der Waals surface area contributed by atoms with Crippen molar-refractivity contribution in [3.05, 3.63) is 75.8 Å². The van der Waals surface area contributed by atoms with Crippen LogP contribution in [0.5, 0.6) is 0 Å². The quantitative estimate of drug-likeness (QED) is 0.449. The molecule has 2 aliphatic rings. The molecule has 1 saturated heterocycles. The number of carbonyl (C=O) groups excluding carboxylic acids is 1. The Kier molecular flexibility index (Phi) is 5.40. The number of likely N-dealkylation sites (tertiary alicyclic amines) is 1. The number of rotatable bonds is 5. The first-order chi connectivity index (χ1) is 17.0. The van der Waals surface area contributed by atoms with Gasteiger partial charge in [0.1, 0.15) is 11.6 Å². The van der Waals surface area contributed by atoms with Crippen molar-refractivity contribution >= 4 is 28.4 Å². The molecule has 6 rings (SSSR count). The van der Waals surface area contributed by atoms with E-state index in [-0.39, 0.29) is 23.4 Å². The van der Waals surface area contributed by atoms with Gasteiger partial charge in [0.25, 0.3) is 0 Å². The number of aromatic amines is 1. The predicted molar refractivity (Wildman–Crippen MR) is 131 cm³/mol. The third kappa shape index (κ3) is 4.23. The number of H-pyrrole nitrogens is 1. The molecule has 1 atom stereocenters. The van der Waals surface area contributed by atoms with Gasteiger partial charge in [-0.15, -0.1) is 0 Å². The van der Waals surface area contributed by atoms with Crippen LogP contribution in [-0.4, -0.2) is 43.6 Å². The number of carbonyl (C=O) groups is 1. The molecule has 9 heteroatoms. The Morgan fingerprint density at radius 2 is 1.91 bits per heavy atom. The lowest BCUT2D eigenvalue weighted by molar-refractivity contribution is -0.131. The van der Waals surface area contributed by atoms with Crippen molar-refractivity contribution in [2.75, 3.05) is 13.1 Å². The van der Waals surface area contributed by atoms with Gasteiger partial charge in [-0.2, -0.15) is 5.10 Å². The topological polar surface area (TPSA) is 83.9 Å². The summed E-state index contributed by atoms with van der Waals surface area (Å²) in [7, 11) is 0. The molecule has 0 unspecified atom stereocenters. The van der Waals surface area contributed by atoms with Gasteiger partial charge in [-0.05, 0) is 60.6 Å². The number of hydrogen-bond donors (Lipinski definition) is 1. The Morgan fingerprint density at radius 3 is 2.71 bits per heavy atom. The average molecular weight is 492 g/mol. The molecule has 0 bridgehead atoms. The van der Waals surface area contributed by atoms with Gasteiger partial charge >= 0.3 is 5.69 Å². The summed E-state index contributed by atoms with van der Waals surface area (Å²) in [5.74, 6) is 0.571. The van der Waals surface area contributed by atoms with E-state index in [4.69, 9.17) is 11.6 Å². The molecule has 2 fully saturated rings. The largest absolute Gasteiger partial charge is 0.348 e. The molecule has 7 nitrogen and oxygen atoms in total. The highest BCUT2D eigenvalue weighted by molar-refractivity contribution is 6.31. The van der Waals surface area contributed by atoms with E-state index >= 15 is 4.39 Å². The molecule has 1 aliphatic carbocycles. The summed E-state index contributed by atoms with van der Waals surface area (Å²) >= 11 is 6.01. The molecule has 4 aromatic rings. The second-order valence-corrected chi connectivity index (χ2v) is 9.86. The molecule has 3 heterocycles. The number of nitrogens with one attached hydrogen (secondary N) is 1. The molecule has 1 amide bonds. The Hall–Kier alpha value is -3.52. The van der Waals surface area contributed by atoms with E-state index in [1.54, 1.807) is 18.3 Å². The fourth-order valence-electron chi connectivity index (χ4n) is 4.90. The van der Waals surface area contributed by atoms with E-state index in [1.165, 1.54) is 10.6 Å². The van der Waals surface area contributed by atoms with Crippen LogP contribution in [0, 0.1) is 17.7 Å². The summed E-state index contributed by atoms with van der Waals surface area (Å²) < 4.78 is 16.6. The van der Waals surface area contributed by atoms with Crippen LogP contribution in [0.25, 0.3) is 27.7 Å². The van der Waals surface area contributed by atoms with Crippen molar-refractivity contribution in [1.29, 1.82) is 0 Å². The van der Waals surface area contributed by atoms with Crippen LogP contribution in [0.4, 0.5) is 4.39 Å². The Balaban J connectivity index is 1.26. The second-order valence-electron chi connectivity index (χ2n) is 9.42. The van der Waals surface area contributed by atoms with Gasteiger partial charge in [-0.3, -0.25) is 9.78 Å². The van der Waals surface area contributed by atoms with E-state index in [9.17, 15) is 9.59 Å². The van der Waals surface area contributed by atoms with E-state index in [0.717, 1.165) is 42.3 Å². The van der Waals surface area contributed by atoms with Crippen molar-refractivity contribution < 1.29 is 9.18 Å². The van der Waals surface area contributed by atoms with Crippen LogP contribution in [0.2, 0.25) is 5.02 Å². The molecule has 0 radical (unpaired) electrons. The normalized spacial score (nSPS) is 17.9. The number of pyridine rings is 1. The number of nitrogens with zero attached hydrogens (tertiary/aromatic N) is 4. The Labute approximate surface area is 205 Å². The average Bonchev–Trinajstić information content (AvgIpc) is 3.50. The molecule has 2 aromatic carbocycles. The third-order valence-electron chi connectivity index (χ3n) is 6.91. The fourth-order valence-corrected chi connectivity index (χ4v) is 5.07. The highest BCUT2D eigenvalue weighted by Gasteiger charge is 2.37. The van der Waals surface area contributed by atoms with Gasteiger partial charge in [-0.25, -0.2) is 18.9 Å².